The molecule has 3 N–H and O–H groups in total. The van der Waals surface area contributed by atoms with Gasteiger partial charge in [0, 0.05) is 30.9 Å². The quantitative estimate of drug-likeness (QED) is 0.564. The third kappa shape index (κ3) is 4.49. The zero-order chi connectivity index (χ0) is 15.1. The van der Waals surface area contributed by atoms with Crippen molar-refractivity contribution in [1.82, 2.24) is 15.6 Å². The van der Waals surface area contributed by atoms with Crippen LogP contribution in [0, 0.1) is 0 Å². The van der Waals surface area contributed by atoms with Gasteiger partial charge in [0.2, 0.25) is 0 Å². The largest absolute Gasteiger partial charge is 0.383 e. The van der Waals surface area contributed by atoms with Crippen molar-refractivity contribution in [3.63, 3.8) is 0 Å². The Hall–Kier alpha value is -2.01. The number of nitrogens with zero attached hydrogens (tertiary/aromatic N) is 1. The molecule has 0 amide bonds. The first-order valence-electron chi connectivity index (χ1n) is 7.33. The molecule has 2 rings (SSSR count). The van der Waals surface area contributed by atoms with E-state index in [0.29, 0.717) is 13.2 Å². The normalized spacial score (nSPS) is 13.4. The maximum atomic E-state index is 5.13. The van der Waals surface area contributed by atoms with Gasteiger partial charge in [0.15, 0.2) is 5.96 Å². The van der Waals surface area contributed by atoms with Crippen LogP contribution in [0.25, 0.3) is 10.9 Å². The molecule has 5 nitrogen and oxygen atoms in total. The van der Waals surface area contributed by atoms with Gasteiger partial charge in [0.1, 0.15) is 0 Å². The SMILES string of the molecule is CCNC(=NCc1cc2ccccc2[nH]1)NC(C)COC. The van der Waals surface area contributed by atoms with Gasteiger partial charge in [-0.2, -0.15) is 0 Å². The Bertz CT molecular complexity index is 558. The van der Waals surface area contributed by atoms with E-state index in [-0.39, 0.29) is 6.04 Å². The fraction of sp³-hybridized carbons (Fsp3) is 0.438. The number of fused-ring (bicyclic) bond motifs is 1. The molecule has 0 fully saturated rings. The van der Waals surface area contributed by atoms with Crippen LogP contribution >= 0.6 is 0 Å². The molecule has 1 aromatic carbocycles. The molecule has 21 heavy (non-hydrogen) atoms. The smallest absolute Gasteiger partial charge is 0.191 e. The van der Waals surface area contributed by atoms with Crippen molar-refractivity contribution in [2.75, 3.05) is 20.3 Å². The highest BCUT2D eigenvalue weighted by Crippen LogP contribution is 2.14. The number of aliphatic imine (C=N–C) groups is 1. The minimum absolute atomic E-state index is 0.218. The van der Waals surface area contributed by atoms with Crippen molar-refractivity contribution < 1.29 is 4.74 Å². The van der Waals surface area contributed by atoms with Crippen LogP contribution in [-0.4, -0.2) is 37.2 Å². The Morgan fingerprint density at radius 2 is 2.19 bits per heavy atom. The molecule has 1 aromatic heterocycles. The molecule has 2 aromatic rings. The molecule has 1 heterocycles. The molecule has 0 aliphatic rings. The molecular formula is C16H24N4O. The second kappa shape index (κ2) is 7.69. The average Bonchev–Trinajstić information content (AvgIpc) is 2.88. The number of H-pyrrole nitrogens is 1. The summed E-state index contributed by atoms with van der Waals surface area (Å²) >= 11 is 0. The van der Waals surface area contributed by atoms with E-state index in [0.717, 1.165) is 23.7 Å². The second-order valence-electron chi connectivity index (χ2n) is 5.08. The van der Waals surface area contributed by atoms with E-state index in [1.165, 1.54) is 5.39 Å². The van der Waals surface area contributed by atoms with Gasteiger partial charge in [-0.15, -0.1) is 0 Å². The van der Waals surface area contributed by atoms with E-state index in [1.54, 1.807) is 7.11 Å². The topological polar surface area (TPSA) is 61.4 Å². The number of ether oxygens (including phenoxy) is 1. The van der Waals surface area contributed by atoms with Crippen LogP contribution < -0.4 is 10.6 Å². The molecule has 0 saturated carbocycles. The number of aromatic amines is 1. The Balaban J connectivity index is 2.03. The van der Waals surface area contributed by atoms with E-state index in [9.17, 15) is 0 Å². The number of benzene rings is 1. The molecule has 114 valence electrons. The van der Waals surface area contributed by atoms with Gasteiger partial charge in [-0.25, -0.2) is 4.99 Å². The van der Waals surface area contributed by atoms with Crippen LogP contribution in [0.1, 0.15) is 19.5 Å². The maximum absolute atomic E-state index is 5.13. The molecule has 5 heteroatoms. The highest BCUT2D eigenvalue weighted by atomic mass is 16.5. The molecule has 0 saturated heterocycles. The summed E-state index contributed by atoms with van der Waals surface area (Å²) in [5.41, 5.74) is 2.25. The third-order valence-corrected chi connectivity index (χ3v) is 3.14. The van der Waals surface area contributed by atoms with Crippen molar-refractivity contribution in [3.05, 3.63) is 36.0 Å². The Kier molecular flexibility index (Phi) is 5.63. The van der Waals surface area contributed by atoms with Gasteiger partial charge in [0.05, 0.1) is 13.2 Å². The molecule has 0 aliphatic heterocycles. The van der Waals surface area contributed by atoms with Crippen molar-refractivity contribution in [2.24, 2.45) is 4.99 Å². The lowest BCUT2D eigenvalue weighted by Gasteiger charge is -2.16. The van der Waals surface area contributed by atoms with Gasteiger partial charge in [0.25, 0.3) is 0 Å². The van der Waals surface area contributed by atoms with Crippen molar-refractivity contribution in [1.29, 1.82) is 0 Å². The van der Waals surface area contributed by atoms with Gasteiger partial charge in [-0.1, -0.05) is 18.2 Å². The number of guanidine groups is 1. The highest BCUT2D eigenvalue weighted by Gasteiger charge is 2.05. The van der Waals surface area contributed by atoms with Crippen molar-refractivity contribution in [3.8, 4) is 0 Å². The first kappa shape index (κ1) is 15.4. The van der Waals surface area contributed by atoms with E-state index in [2.05, 4.69) is 52.7 Å². The number of hydrogen-bond acceptors (Lipinski definition) is 2. The average molecular weight is 288 g/mol. The Labute approximate surface area is 125 Å². The molecule has 1 unspecified atom stereocenters. The minimum atomic E-state index is 0.218. The van der Waals surface area contributed by atoms with Crippen LogP contribution in [0.2, 0.25) is 0 Å². The summed E-state index contributed by atoms with van der Waals surface area (Å²) in [5, 5.41) is 7.78. The molecule has 0 spiro atoms. The number of nitrogens with one attached hydrogen (secondary N) is 3. The van der Waals surface area contributed by atoms with E-state index in [1.807, 2.05) is 12.1 Å². The molecular weight excluding hydrogens is 264 g/mol. The summed E-state index contributed by atoms with van der Waals surface area (Å²) < 4.78 is 5.13. The number of aromatic nitrogens is 1. The summed E-state index contributed by atoms with van der Waals surface area (Å²) in [6.45, 7) is 6.22. The lowest BCUT2D eigenvalue weighted by Crippen LogP contribution is -2.43. The first-order valence-corrected chi connectivity index (χ1v) is 7.33. The summed E-state index contributed by atoms with van der Waals surface area (Å²) in [4.78, 5) is 7.99. The summed E-state index contributed by atoms with van der Waals surface area (Å²) in [6, 6.07) is 10.6. The minimum Gasteiger partial charge on any atom is -0.383 e. The number of rotatable bonds is 6. The van der Waals surface area contributed by atoms with Crippen LogP contribution in [0.4, 0.5) is 0 Å². The fourth-order valence-electron chi connectivity index (χ4n) is 2.23. The zero-order valence-electron chi connectivity index (χ0n) is 12.9. The van der Waals surface area contributed by atoms with Gasteiger partial charge < -0.3 is 20.4 Å². The van der Waals surface area contributed by atoms with Gasteiger partial charge >= 0.3 is 0 Å². The zero-order valence-corrected chi connectivity index (χ0v) is 12.9. The Morgan fingerprint density at radius 3 is 2.90 bits per heavy atom. The summed E-state index contributed by atoms with van der Waals surface area (Å²) in [7, 11) is 1.70. The predicted octanol–water partition coefficient (Wildman–Crippen LogP) is 2.26. The predicted molar refractivity (Wildman–Crippen MR) is 87.6 cm³/mol. The number of hydrogen-bond donors (Lipinski definition) is 3. The van der Waals surface area contributed by atoms with Crippen LogP contribution in [0.3, 0.4) is 0 Å². The lowest BCUT2D eigenvalue weighted by molar-refractivity contribution is 0.179. The summed E-state index contributed by atoms with van der Waals surface area (Å²) in [5.74, 6) is 0.806. The van der Waals surface area contributed by atoms with Crippen LogP contribution in [-0.2, 0) is 11.3 Å². The highest BCUT2D eigenvalue weighted by molar-refractivity contribution is 5.81. The second-order valence-corrected chi connectivity index (χ2v) is 5.08. The van der Waals surface area contributed by atoms with Crippen molar-refractivity contribution in [2.45, 2.75) is 26.4 Å². The Morgan fingerprint density at radius 1 is 1.38 bits per heavy atom. The number of para-hydroxylation sites is 1. The lowest BCUT2D eigenvalue weighted by atomic mass is 10.2. The van der Waals surface area contributed by atoms with Gasteiger partial charge in [-0.3, -0.25) is 0 Å². The van der Waals surface area contributed by atoms with Crippen LogP contribution in [0.5, 0.6) is 0 Å². The monoisotopic (exact) mass is 288 g/mol. The van der Waals surface area contributed by atoms with E-state index < -0.39 is 0 Å². The van der Waals surface area contributed by atoms with E-state index in [4.69, 9.17) is 4.74 Å². The van der Waals surface area contributed by atoms with E-state index >= 15 is 0 Å². The third-order valence-electron chi connectivity index (χ3n) is 3.14. The van der Waals surface area contributed by atoms with Gasteiger partial charge in [-0.05, 0) is 31.4 Å². The molecule has 1 atom stereocenters. The maximum Gasteiger partial charge on any atom is 0.191 e. The first-order chi connectivity index (χ1) is 10.2. The number of methoxy groups -OCH3 is 1. The van der Waals surface area contributed by atoms with Crippen molar-refractivity contribution >= 4 is 16.9 Å². The molecule has 0 radical (unpaired) electrons. The molecule has 0 aliphatic carbocycles. The summed E-state index contributed by atoms with van der Waals surface area (Å²) in [6.07, 6.45) is 0. The fourth-order valence-corrected chi connectivity index (χ4v) is 2.23. The molecule has 0 bridgehead atoms. The van der Waals surface area contributed by atoms with Crippen LogP contribution in [0.15, 0.2) is 35.3 Å². The standard InChI is InChI=1S/C16H24N4O/c1-4-17-16(19-12(2)11-21-3)18-10-14-9-13-7-5-6-8-15(13)20-14/h5-9,12,20H,4,10-11H2,1-3H3,(H2,17,18,19).